The standard InChI is InChI=1S/C15H22Br2N2O/c1-10-9-19(2)5-4-14(10)18-8-11-6-12(16)15(20-3)13(17)7-11/h6-7,10,14,18H,4-5,8-9H2,1-3H3. The molecular formula is C15H22Br2N2O. The quantitative estimate of drug-likeness (QED) is 0.827. The van der Waals surface area contributed by atoms with Gasteiger partial charge >= 0.3 is 0 Å². The van der Waals surface area contributed by atoms with Crippen molar-refractivity contribution >= 4 is 31.9 Å². The van der Waals surface area contributed by atoms with Crippen LogP contribution in [0.25, 0.3) is 0 Å². The maximum atomic E-state index is 5.33. The maximum absolute atomic E-state index is 5.33. The van der Waals surface area contributed by atoms with E-state index in [4.69, 9.17) is 4.74 Å². The summed E-state index contributed by atoms with van der Waals surface area (Å²) in [6, 6.07) is 4.85. The first kappa shape index (κ1) is 16.3. The highest BCUT2D eigenvalue weighted by Gasteiger charge is 2.23. The third kappa shape index (κ3) is 3.97. The van der Waals surface area contributed by atoms with E-state index in [2.05, 4.69) is 68.2 Å². The van der Waals surface area contributed by atoms with Gasteiger partial charge in [-0.05, 0) is 75.5 Å². The molecule has 1 heterocycles. The van der Waals surface area contributed by atoms with Gasteiger partial charge in [0.15, 0.2) is 0 Å². The first-order chi connectivity index (χ1) is 9.51. The molecule has 5 heteroatoms. The number of likely N-dealkylation sites (tertiary alicyclic amines) is 1. The van der Waals surface area contributed by atoms with E-state index in [0.717, 1.165) is 21.2 Å². The predicted octanol–water partition coefficient (Wildman–Crippen LogP) is 3.65. The van der Waals surface area contributed by atoms with Gasteiger partial charge in [-0.1, -0.05) is 6.92 Å². The van der Waals surface area contributed by atoms with Crippen molar-refractivity contribution in [2.75, 3.05) is 27.2 Å². The van der Waals surface area contributed by atoms with Gasteiger partial charge in [0.05, 0.1) is 16.1 Å². The Morgan fingerprint density at radius 2 is 2.00 bits per heavy atom. The Morgan fingerprint density at radius 3 is 2.55 bits per heavy atom. The van der Waals surface area contributed by atoms with Crippen molar-refractivity contribution in [3.8, 4) is 5.75 Å². The lowest BCUT2D eigenvalue weighted by atomic mass is 9.94. The van der Waals surface area contributed by atoms with Crippen molar-refractivity contribution in [3.63, 3.8) is 0 Å². The number of hydrogen-bond acceptors (Lipinski definition) is 3. The molecule has 2 atom stereocenters. The van der Waals surface area contributed by atoms with Crippen LogP contribution in [-0.4, -0.2) is 38.2 Å². The van der Waals surface area contributed by atoms with Gasteiger partial charge in [-0.15, -0.1) is 0 Å². The van der Waals surface area contributed by atoms with Gasteiger partial charge in [0.2, 0.25) is 0 Å². The van der Waals surface area contributed by atoms with E-state index in [1.54, 1.807) is 7.11 Å². The number of hydrogen-bond donors (Lipinski definition) is 1. The Kier molecular flexibility index (Phi) is 5.90. The van der Waals surface area contributed by atoms with Crippen LogP contribution in [0.15, 0.2) is 21.1 Å². The Balaban J connectivity index is 1.97. The van der Waals surface area contributed by atoms with Crippen LogP contribution in [0.5, 0.6) is 5.75 Å². The summed E-state index contributed by atoms with van der Waals surface area (Å²) in [4.78, 5) is 2.41. The number of halogens is 2. The lowest BCUT2D eigenvalue weighted by Crippen LogP contribution is -2.46. The summed E-state index contributed by atoms with van der Waals surface area (Å²) < 4.78 is 7.31. The molecule has 0 bridgehead atoms. The zero-order valence-corrected chi connectivity index (χ0v) is 15.4. The maximum Gasteiger partial charge on any atom is 0.147 e. The van der Waals surface area contributed by atoms with Crippen molar-refractivity contribution in [3.05, 3.63) is 26.6 Å². The van der Waals surface area contributed by atoms with Gasteiger partial charge in [0.1, 0.15) is 5.75 Å². The minimum atomic E-state index is 0.603. The van der Waals surface area contributed by atoms with Crippen molar-refractivity contribution in [1.82, 2.24) is 10.2 Å². The Bertz CT molecular complexity index is 444. The molecule has 2 rings (SSSR count). The predicted molar refractivity (Wildman–Crippen MR) is 90.3 cm³/mol. The van der Waals surface area contributed by atoms with Gasteiger partial charge in [-0.3, -0.25) is 0 Å². The molecule has 112 valence electrons. The molecule has 20 heavy (non-hydrogen) atoms. The molecule has 1 aromatic rings. The minimum Gasteiger partial charge on any atom is -0.494 e. The molecule has 0 radical (unpaired) electrons. The molecule has 0 spiro atoms. The van der Waals surface area contributed by atoms with Crippen LogP contribution in [0, 0.1) is 5.92 Å². The summed E-state index contributed by atoms with van der Waals surface area (Å²) in [7, 11) is 3.88. The fourth-order valence-corrected chi connectivity index (χ4v) is 4.42. The fourth-order valence-electron chi connectivity index (χ4n) is 2.82. The number of rotatable bonds is 4. The van der Waals surface area contributed by atoms with E-state index in [0.29, 0.717) is 12.0 Å². The van der Waals surface area contributed by atoms with Crippen LogP contribution in [0.1, 0.15) is 18.9 Å². The van der Waals surface area contributed by atoms with E-state index in [9.17, 15) is 0 Å². The minimum absolute atomic E-state index is 0.603. The summed E-state index contributed by atoms with van der Waals surface area (Å²) in [6.07, 6.45) is 1.22. The average Bonchev–Trinajstić information content (AvgIpc) is 2.37. The van der Waals surface area contributed by atoms with E-state index in [1.807, 2.05) is 0 Å². The second-order valence-electron chi connectivity index (χ2n) is 5.61. The van der Waals surface area contributed by atoms with Gasteiger partial charge in [-0.2, -0.15) is 0 Å². The van der Waals surface area contributed by atoms with Crippen molar-refractivity contribution in [2.24, 2.45) is 5.92 Å². The zero-order chi connectivity index (χ0) is 14.7. The highest BCUT2D eigenvalue weighted by molar-refractivity contribution is 9.11. The Morgan fingerprint density at radius 1 is 1.35 bits per heavy atom. The van der Waals surface area contributed by atoms with Crippen LogP contribution in [0.2, 0.25) is 0 Å². The molecule has 1 aromatic carbocycles. The summed E-state index contributed by atoms with van der Waals surface area (Å²) in [6.45, 7) is 5.57. The largest absolute Gasteiger partial charge is 0.494 e. The Hall–Kier alpha value is -0.100. The van der Waals surface area contributed by atoms with Crippen molar-refractivity contribution in [2.45, 2.75) is 25.9 Å². The van der Waals surface area contributed by atoms with E-state index in [1.165, 1.54) is 25.1 Å². The number of nitrogens with zero attached hydrogens (tertiary/aromatic N) is 1. The van der Waals surface area contributed by atoms with Crippen LogP contribution >= 0.6 is 31.9 Å². The summed E-state index contributed by atoms with van der Waals surface area (Å²) in [5.74, 6) is 1.54. The second kappa shape index (κ2) is 7.25. The highest BCUT2D eigenvalue weighted by Crippen LogP contribution is 2.34. The Labute approximate surface area is 138 Å². The van der Waals surface area contributed by atoms with E-state index in [-0.39, 0.29) is 0 Å². The summed E-state index contributed by atoms with van der Waals surface area (Å²) in [5.41, 5.74) is 1.26. The molecule has 1 saturated heterocycles. The number of methoxy groups -OCH3 is 1. The second-order valence-corrected chi connectivity index (χ2v) is 7.32. The monoisotopic (exact) mass is 404 g/mol. The number of piperidine rings is 1. The van der Waals surface area contributed by atoms with Gasteiger partial charge in [0, 0.05) is 19.1 Å². The highest BCUT2D eigenvalue weighted by atomic mass is 79.9. The van der Waals surface area contributed by atoms with Crippen molar-refractivity contribution < 1.29 is 4.74 Å². The molecular weight excluding hydrogens is 384 g/mol. The molecule has 3 nitrogen and oxygen atoms in total. The molecule has 2 unspecified atom stereocenters. The fraction of sp³-hybridized carbons (Fsp3) is 0.600. The number of ether oxygens (including phenoxy) is 1. The molecule has 1 N–H and O–H groups in total. The first-order valence-electron chi connectivity index (χ1n) is 6.95. The van der Waals surface area contributed by atoms with E-state index < -0.39 is 0 Å². The number of nitrogens with one attached hydrogen (secondary N) is 1. The van der Waals surface area contributed by atoms with Crippen LogP contribution in [0.3, 0.4) is 0 Å². The van der Waals surface area contributed by atoms with Crippen molar-refractivity contribution in [1.29, 1.82) is 0 Å². The molecule has 1 aliphatic rings. The SMILES string of the molecule is COc1c(Br)cc(CNC2CCN(C)CC2C)cc1Br. The number of benzene rings is 1. The molecule has 1 fully saturated rings. The summed E-state index contributed by atoms with van der Waals surface area (Å²) >= 11 is 7.11. The van der Waals surface area contributed by atoms with Gasteiger partial charge < -0.3 is 15.0 Å². The third-order valence-corrected chi connectivity index (χ3v) is 5.12. The molecule has 0 saturated carbocycles. The average molecular weight is 406 g/mol. The molecule has 1 aliphatic heterocycles. The van der Waals surface area contributed by atoms with Gasteiger partial charge in [-0.25, -0.2) is 0 Å². The topological polar surface area (TPSA) is 24.5 Å². The lowest BCUT2D eigenvalue weighted by Gasteiger charge is -2.35. The van der Waals surface area contributed by atoms with Crippen LogP contribution in [-0.2, 0) is 6.54 Å². The third-order valence-electron chi connectivity index (χ3n) is 3.94. The van der Waals surface area contributed by atoms with Crippen LogP contribution in [0.4, 0.5) is 0 Å². The molecule has 0 aromatic heterocycles. The first-order valence-corrected chi connectivity index (χ1v) is 8.53. The zero-order valence-electron chi connectivity index (χ0n) is 12.2. The lowest BCUT2D eigenvalue weighted by molar-refractivity contribution is 0.174. The molecule has 0 amide bonds. The normalized spacial score (nSPS) is 23.9. The van der Waals surface area contributed by atoms with Gasteiger partial charge in [0.25, 0.3) is 0 Å². The smallest absolute Gasteiger partial charge is 0.147 e. The van der Waals surface area contributed by atoms with Crippen LogP contribution < -0.4 is 10.1 Å². The summed E-state index contributed by atoms with van der Waals surface area (Å²) in [5, 5.41) is 3.69. The molecule has 0 aliphatic carbocycles. The van der Waals surface area contributed by atoms with E-state index >= 15 is 0 Å².